The summed E-state index contributed by atoms with van der Waals surface area (Å²) in [4.78, 5) is 8.03. The van der Waals surface area contributed by atoms with Crippen LogP contribution in [0.15, 0.2) is 66.7 Å². The fraction of sp³-hybridized carbons (Fsp3) is 0. The highest BCUT2D eigenvalue weighted by Crippen LogP contribution is 2.28. The average molecular weight is 288 g/mol. The van der Waals surface area contributed by atoms with Crippen LogP contribution in [-0.2, 0) is 0 Å². The monoisotopic (exact) mass is 288 g/mol. The predicted molar refractivity (Wildman–Crippen MR) is 89.9 cm³/mol. The van der Waals surface area contributed by atoms with Gasteiger partial charge in [0, 0.05) is 5.56 Å². The van der Waals surface area contributed by atoms with Crippen LogP contribution in [0, 0.1) is 4.64 Å². The summed E-state index contributed by atoms with van der Waals surface area (Å²) >= 11 is 5.51. The summed E-state index contributed by atoms with van der Waals surface area (Å²) in [5.74, 6) is 0. The molecule has 21 heavy (non-hydrogen) atoms. The number of aromatic nitrogens is 2. The number of rotatable bonds is 1. The van der Waals surface area contributed by atoms with Gasteiger partial charge in [-0.05, 0) is 22.9 Å². The summed E-state index contributed by atoms with van der Waals surface area (Å²) in [6, 6.07) is 22.5. The second-order valence-corrected chi connectivity index (χ2v) is 5.37. The van der Waals surface area contributed by atoms with Crippen LogP contribution in [-0.4, -0.2) is 9.97 Å². The summed E-state index contributed by atoms with van der Waals surface area (Å²) in [6.07, 6.45) is 0. The van der Waals surface area contributed by atoms with Crippen LogP contribution in [0.1, 0.15) is 0 Å². The number of benzene rings is 3. The Morgan fingerprint density at radius 3 is 2.52 bits per heavy atom. The van der Waals surface area contributed by atoms with Crippen molar-refractivity contribution in [3.63, 3.8) is 0 Å². The molecule has 4 aromatic rings. The molecule has 0 radical (unpaired) electrons. The molecular weight excluding hydrogens is 276 g/mol. The van der Waals surface area contributed by atoms with Crippen LogP contribution in [0.4, 0.5) is 0 Å². The smallest absolute Gasteiger partial charge is 0.130 e. The number of nitrogens with one attached hydrogen (secondary N) is 1. The highest BCUT2D eigenvalue weighted by Gasteiger charge is 2.08. The first-order valence-electron chi connectivity index (χ1n) is 6.80. The van der Waals surface area contributed by atoms with E-state index in [0.29, 0.717) is 4.64 Å². The number of hydrogen-bond acceptors (Lipinski definition) is 2. The molecule has 0 spiro atoms. The van der Waals surface area contributed by atoms with Gasteiger partial charge in [0.2, 0.25) is 0 Å². The summed E-state index contributed by atoms with van der Waals surface area (Å²) in [6.45, 7) is 0. The molecular formula is C18H12N2S. The quantitative estimate of drug-likeness (QED) is 0.493. The lowest BCUT2D eigenvalue weighted by molar-refractivity contribution is 1.27. The van der Waals surface area contributed by atoms with E-state index in [2.05, 4.69) is 29.2 Å². The van der Waals surface area contributed by atoms with Crippen LogP contribution in [0.25, 0.3) is 33.1 Å². The SMILES string of the molecule is S=c1[nH]c2ccccc2nc1-c1cccc2ccccc12. The van der Waals surface area contributed by atoms with Gasteiger partial charge in [0.1, 0.15) is 10.3 Å². The molecule has 1 aromatic heterocycles. The maximum Gasteiger partial charge on any atom is 0.130 e. The molecule has 0 amide bonds. The van der Waals surface area contributed by atoms with Crippen molar-refractivity contribution < 1.29 is 0 Å². The number of hydrogen-bond donors (Lipinski definition) is 1. The van der Waals surface area contributed by atoms with E-state index in [4.69, 9.17) is 17.2 Å². The van der Waals surface area contributed by atoms with Crippen molar-refractivity contribution in [1.82, 2.24) is 9.97 Å². The van der Waals surface area contributed by atoms with E-state index in [1.54, 1.807) is 0 Å². The van der Waals surface area contributed by atoms with Gasteiger partial charge in [-0.25, -0.2) is 4.98 Å². The molecule has 0 aliphatic carbocycles. The Labute approximate surface area is 127 Å². The van der Waals surface area contributed by atoms with E-state index in [1.165, 1.54) is 10.8 Å². The Balaban J connectivity index is 2.09. The first kappa shape index (κ1) is 12.2. The highest BCUT2D eigenvalue weighted by molar-refractivity contribution is 7.71. The third-order valence-corrected chi connectivity index (χ3v) is 3.94. The lowest BCUT2D eigenvalue weighted by atomic mass is 10.0. The van der Waals surface area contributed by atoms with E-state index < -0.39 is 0 Å². The molecule has 0 fully saturated rings. The summed E-state index contributed by atoms with van der Waals surface area (Å²) in [5, 5.41) is 2.36. The zero-order chi connectivity index (χ0) is 14.2. The molecule has 3 aromatic carbocycles. The van der Waals surface area contributed by atoms with Crippen LogP contribution in [0.5, 0.6) is 0 Å². The minimum Gasteiger partial charge on any atom is -0.343 e. The van der Waals surface area contributed by atoms with Gasteiger partial charge in [-0.3, -0.25) is 0 Å². The summed E-state index contributed by atoms with van der Waals surface area (Å²) in [5.41, 5.74) is 3.79. The molecule has 0 saturated heterocycles. The van der Waals surface area contributed by atoms with Crippen molar-refractivity contribution in [2.45, 2.75) is 0 Å². The van der Waals surface area contributed by atoms with E-state index in [9.17, 15) is 0 Å². The van der Waals surface area contributed by atoms with Gasteiger partial charge in [0.15, 0.2) is 0 Å². The fourth-order valence-electron chi connectivity index (χ4n) is 2.64. The van der Waals surface area contributed by atoms with E-state index >= 15 is 0 Å². The Morgan fingerprint density at radius 1 is 0.810 bits per heavy atom. The van der Waals surface area contributed by atoms with Crippen molar-refractivity contribution in [2.24, 2.45) is 0 Å². The molecule has 0 atom stereocenters. The summed E-state index contributed by atoms with van der Waals surface area (Å²) in [7, 11) is 0. The average Bonchev–Trinajstić information content (AvgIpc) is 2.54. The Morgan fingerprint density at radius 2 is 1.57 bits per heavy atom. The molecule has 2 nitrogen and oxygen atoms in total. The predicted octanol–water partition coefficient (Wildman–Crippen LogP) is 5.11. The van der Waals surface area contributed by atoms with E-state index in [1.807, 2.05) is 42.5 Å². The first-order valence-corrected chi connectivity index (χ1v) is 7.21. The van der Waals surface area contributed by atoms with Gasteiger partial charge in [0.25, 0.3) is 0 Å². The zero-order valence-electron chi connectivity index (χ0n) is 11.2. The molecule has 1 heterocycles. The van der Waals surface area contributed by atoms with Crippen LogP contribution in [0.3, 0.4) is 0 Å². The lowest BCUT2D eigenvalue weighted by Crippen LogP contribution is -1.91. The molecule has 0 aliphatic heterocycles. The zero-order valence-corrected chi connectivity index (χ0v) is 12.0. The lowest BCUT2D eigenvalue weighted by Gasteiger charge is -2.07. The number of aromatic amines is 1. The molecule has 0 saturated carbocycles. The van der Waals surface area contributed by atoms with Crippen molar-refractivity contribution in [2.75, 3.05) is 0 Å². The van der Waals surface area contributed by atoms with Crippen molar-refractivity contribution in [1.29, 1.82) is 0 Å². The highest BCUT2D eigenvalue weighted by atomic mass is 32.1. The number of nitrogens with zero attached hydrogens (tertiary/aromatic N) is 1. The molecule has 0 unspecified atom stereocenters. The van der Waals surface area contributed by atoms with Crippen molar-refractivity contribution >= 4 is 34.0 Å². The normalized spacial score (nSPS) is 11.0. The van der Waals surface area contributed by atoms with Crippen LogP contribution < -0.4 is 0 Å². The molecule has 100 valence electrons. The van der Waals surface area contributed by atoms with Gasteiger partial charge in [-0.1, -0.05) is 66.8 Å². The standard InChI is InChI=1S/C18H12N2S/c21-18-17(19-15-10-3-4-11-16(15)20-18)14-9-5-7-12-6-1-2-8-13(12)14/h1-11H,(H,20,21). The maximum atomic E-state index is 5.51. The Hall–Kier alpha value is -2.52. The number of para-hydroxylation sites is 2. The third kappa shape index (κ3) is 2.03. The van der Waals surface area contributed by atoms with Gasteiger partial charge in [0.05, 0.1) is 11.0 Å². The topological polar surface area (TPSA) is 28.7 Å². The number of fused-ring (bicyclic) bond motifs is 2. The second-order valence-electron chi connectivity index (χ2n) is 4.96. The van der Waals surface area contributed by atoms with Crippen LogP contribution in [0.2, 0.25) is 0 Å². The van der Waals surface area contributed by atoms with Gasteiger partial charge in [-0.2, -0.15) is 0 Å². The van der Waals surface area contributed by atoms with Crippen LogP contribution >= 0.6 is 12.2 Å². The van der Waals surface area contributed by atoms with Crippen molar-refractivity contribution in [3.05, 3.63) is 71.4 Å². The molecule has 4 rings (SSSR count). The fourth-order valence-corrected chi connectivity index (χ4v) is 2.91. The number of H-pyrrole nitrogens is 1. The van der Waals surface area contributed by atoms with Gasteiger partial charge < -0.3 is 4.98 Å². The second kappa shape index (κ2) is 4.79. The van der Waals surface area contributed by atoms with Gasteiger partial charge in [-0.15, -0.1) is 0 Å². The maximum absolute atomic E-state index is 5.51. The Kier molecular flexibility index (Phi) is 2.79. The van der Waals surface area contributed by atoms with E-state index in [-0.39, 0.29) is 0 Å². The third-order valence-electron chi connectivity index (χ3n) is 3.64. The minimum atomic E-state index is 0.671. The summed E-state index contributed by atoms with van der Waals surface area (Å²) < 4.78 is 0.671. The molecule has 3 heteroatoms. The molecule has 0 bridgehead atoms. The van der Waals surface area contributed by atoms with E-state index in [0.717, 1.165) is 22.3 Å². The van der Waals surface area contributed by atoms with Gasteiger partial charge >= 0.3 is 0 Å². The molecule has 1 N–H and O–H groups in total. The largest absolute Gasteiger partial charge is 0.343 e. The van der Waals surface area contributed by atoms with Crippen molar-refractivity contribution in [3.8, 4) is 11.3 Å². The molecule has 0 aliphatic rings. The Bertz CT molecular complexity index is 1010. The minimum absolute atomic E-state index is 0.671. The first-order chi connectivity index (χ1) is 10.3.